The molecule has 0 fully saturated rings. The van der Waals surface area contributed by atoms with Crippen molar-refractivity contribution < 1.29 is 14.6 Å². The zero-order valence-electron chi connectivity index (χ0n) is 11.7. The molecule has 0 radical (unpaired) electrons. The first-order chi connectivity index (χ1) is 8.27. The second-order valence-electron chi connectivity index (χ2n) is 5.41. The van der Waals surface area contributed by atoms with Gasteiger partial charge < -0.3 is 9.84 Å². The molecule has 1 aromatic rings. The number of hydrogen-bond acceptors (Lipinski definition) is 3. The summed E-state index contributed by atoms with van der Waals surface area (Å²) < 4.78 is 5.43. The Morgan fingerprint density at radius 1 is 1.22 bits per heavy atom. The number of hydrogen-bond donors (Lipinski definition) is 1. The lowest BCUT2D eigenvalue weighted by atomic mass is 9.93. The smallest absolute Gasteiger partial charge is 0.193 e. The molecule has 0 spiro atoms. The molecule has 1 N–H and O–H groups in total. The van der Waals surface area contributed by atoms with Gasteiger partial charge in [-0.15, -0.1) is 0 Å². The van der Waals surface area contributed by atoms with E-state index in [-0.39, 0.29) is 11.9 Å². The van der Waals surface area contributed by atoms with Crippen molar-refractivity contribution in [2.24, 2.45) is 5.92 Å². The van der Waals surface area contributed by atoms with Crippen LogP contribution in [0.15, 0.2) is 24.3 Å². The van der Waals surface area contributed by atoms with Crippen LogP contribution in [0.4, 0.5) is 0 Å². The van der Waals surface area contributed by atoms with Gasteiger partial charge >= 0.3 is 0 Å². The Labute approximate surface area is 109 Å². The first-order valence-corrected chi connectivity index (χ1v) is 6.17. The molecule has 1 atom stereocenters. The van der Waals surface area contributed by atoms with Crippen LogP contribution in [0.25, 0.3) is 0 Å². The Morgan fingerprint density at radius 3 is 2.06 bits per heavy atom. The molecule has 100 valence electrons. The second-order valence-corrected chi connectivity index (χ2v) is 5.41. The van der Waals surface area contributed by atoms with Gasteiger partial charge in [0.1, 0.15) is 5.60 Å². The number of carbonyl (C=O) groups excluding carboxylic acids is 1. The summed E-state index contributed by atoms with van der Waals surface area (Å²) in [5.41, 5.74) is 0.227. The molecular formula is C15H22O3. The van der Waals surface area contributed by atoms with Crippen LogP contribution in [0.3, 0.4) is 0 Å². The number of aliphatic hydroxyl groups is 1. The summed E-state index contributed by atoms with van der Waals surface area (Å²) in [5.74, 6) is 0.0957. The molecule has 18 heavy (non-hydrogen) atoms. The maximum Gasteiger partial charge on any atom is 0.193 e. The second kappa shape index (κ2) is 5.63. The van der Waals surface area contributed by atoms with Gasteiger partial charge in [0.25, 0.3) is 0 Å². The van der Waals surface area contributed by atoms with Gasteiger partial charge in [0.15, 0.2) is 5.78 Å². The number of methoxy groups -OCH3 is 1. The van der Waals surface area contributed by atoms with E-state index in [2.05, 4.69) is 13.8 Å². The van der Waals surface area contributed by atoms with Crippen molar-refractivity contribution in [2.45, 2.75) is 39.4 Å². The lowest BCUT2D eigenvalue weighted by Gasteiger charge is -2.20. The van der Waals surface area contributed by atoms with Crippen molar-refractivity contribution in [2.75, 3.05) is 7.11 Å². The summed E-state index contributed by atoms with van der Waals surface area (Å²) in [6, 6.07) is 7.24. The van der Waals surface area contributed by atoms with Crippen molar-refractivity contribution in [3.63, 3.8) is 0 Å². The predicted molar refractivity (Wildman–Crippen MR) is 71.7 cm³/mol. The summed E-state index contributed by atoms with van der Waals surface area (Å²) in [5, 5.41) is 9.68. The van der Waals surface area contributed by atoms with Gasteiger partial charge in [0, 0.05) is 12.7 Å². The molecule has 1 unspecified atom stereocenters. The Bertz CT molecular complexity index is 399. The number of benzene rings is 1. The predicted octanol–water partition coefficient (Wildman–Crippen LogP) is 2.98. The Kier molecular flexibility index (Phi) is 4.65. The van der Waals surface area contributed by atoms with E-state index in [1.165, 1.54) is 13.8 Å². The minimum atomic E-state index is -1.33. The monoisotopic (exact) mass is 250 g/mol. The van der Waals surface area contributed by atoms with Gasteiger partial charge in [-0.3, -0.25) is 4.79 Å². The van der Waals surface area contributed by atoms with E-state index < -0.39 is 5.60 Å². The van der Waals surface area contributed by atoms with E-state index in [0.717, 1.165) is 5.56 Å². The van der Waals surface area contributed by atoms with Crippen molar-refractivity contribution in [1.82, 2.24) is 0 Å². The largest absolute Gasteiger partial charge is 0.382 e. The number of Topliss-reactive ketones (excluding diaryl/α,β-unsaturated/α-hetero) is 1. The molecule has 1 aromatic carbocycles. The molecule has 0 aromatic heterocycles. The molecule has 0 aliphatic rings. The highest BCUT2D eigenvalue weighted by Gasteiger charge is 2.25. The maximum atomic E-state index is 11.9. The standard InChI is InChI=1S/C15H22O3/c1-10(2)13(18-5)11-6-8-12(9-7-11)14(16)15(3,4)17/h6-10,13,17H,1-5H3. The van der Waals surface area contributed by atoms with Crippen LogP contribution in [0, 0.1) is 5.92 Å². The molecule has 1 rings (SSSR count). The first kappa shape index (κ1) is 14.9. The first-order valence-electron chi connectivity index (χ1n) is 6.17. The molecular weight excluding hydrogens is 228 g/mol. The Morgan fingerprint density at radius 2 is 1.72 bits per heavy atom. The van der Waals surface area contributed by atoms with Gasteiger partial charge in [-0.1, -0.05) is 38.1 Å². The maximum absolute atomic E-state index is 11.9. The molecule has 0 amide bonds. The Hall–Kier alpha value is -1.19. The van der Waals surface area contributed by atoms with Crippen LogP contribution in [-0.2, 0) is 4.74 Å². The molecule has 0 aliphatic heterocycles. The SMILES string of the molecule is COC(c1ccc(C(=O)C(C)(C)O)cc1)C(C)C. The minimum absolute atomic E-state index is 0.0243. The van der Waals surface area contributed by atoms with Crippen LogP contribution < -0.4 is 0 Å². The van der Waals surface area contributed by atoms with E-state index >= 15 is 0 Å². The highest BCUT2D eigenvalue weighted by atomic mass is 16.5. The van der Waals surface area contributed by atoms with Crippen molar-refractivity contribution in [3.8, 4) is 0 Å². The zero-order chi connectivity index (χ0) is 13.9. The van der Waals surface area contributed by atoms with Gasteiger partial charge in [-0.25, -0.2) is 0 Å². The summed E-state index contributed by atoms with van der Waals surface area (Å²) in [6.07, 6.45) is 0.0243. The normalized spacial score (nSPS) is 13.7. The van der Waals surface area contributed by atoms with Gasteiger partial charge in [0.2, 0.25) is 0 Å². The lowest BCUT2D eigenvalue weighted by Crippen LogP contribution is -2.31. The fourth-order valence-corrected chi connectivity index (χ4v) is 1.97. The summed E-state index contributed by atoms with van der Waals surface area (Å²) in [4.78, 5) is 11.9. The van der Waals surface area contributed by atoms with Gasteiger partial charge in [-0.05, 0) is 25.3 Å². The van der Waals surface area contributed by atoms with Crippen LogP contribution in [0.1, 0.15) is 49.7 Å². The molecule has 3 heteroatoms. The molecule has 0 saturated heterocycles. The van der Waals surface area contributed by atoms with Crippen LogP contribution in [0.2, 0.25) is 0 Å². The summed E-state index contributed by atoms with van der Waals surface area (Å²) >= 11 is 0. The number of ketones is 1. The lowest BCUT2D eigenvalue weighted by molar-refractivity contribution is 0.0487. The van der Waals surface area contributed by atoms with E-state index in [4.69, 9.17) is 4.74 Å². The summed E-state index contributed by atoms with van der Waals surface area (Å²) in [7, 11) is 1.68. The zero-order valence-corrected chi connectivity index (χ0v) is 11.7. The van der Waals surface area contributed by atoms with E-state index in [0.29, 0.717) is 11.5 Å². The van der Waals surface area contributed by atoms with Gasteiger partial charge in [-0.2, -0.15) is 0 Å². The molecule has 0 saturated carbocycles. The fraction of sp³-hybridized carbons (Fsp3) is 0.533. The fourth-order valence-electron chi connectivity index (χ4n) is 1.97. The quantitative estimate of drug-likeness (QED) is 0.817. The average molecular weight is 250 g/mol. The minimum Gasteiger partial charge on any atom is -0.382 e. The number of ether oxygens (including phenoxy) is 1. The van der Waals surface area contributed by atoms with E-state index in [9.17, 15) is 9.90 Å². The molecule has 0 aliphatic carbocycles. The van der Waals surface area contributed by atoms with Gasteiger partial charge in [0.05, 0.1) is 6.10 Å². The number of carbonyl (C=O) groups is 1. The highest BCUT2D eigenvalue weighted by Crippen LogP contribution is 2.25. The third kappa shape index (κ3) is 3.40. The highest BCUT2D eigenvalue weighted by molar-refractivity contribution is 6.01. The number of rotatable bonds is 5. The average Bonchev–Trinajstić information content (AvgIpc) is 2.28. The van der Waals surface area contributed by atoms with Crippen LogP contribution in [0.5, 0.6) is 0 Å². The van der Waals surface area contributed by atoms with Crippen molar-refractivity contribution in [1.29, 1.82) is 0 Å². The topological polar surface area (TPSA) is 46.5 Å². The van der Waals surface area contributed by atoms with E-state index in [1.807, 2.05) is 12.1 Å². The summed E-state index contributed by atoms with van der Waals surface area (Å²) in [6.45, 7) is 7.17. The van der Waals surface area contributed by atoms with Crippen molar-refractivity contribution >= 4 is 5.78 Å². The molecule has 3 nitrogen and oxygen atoms in total. The third-order valence-corrected chi connectivity index (χ3v) is 2.92. The van der Waals surface area contributed by atoms with Crippen LogP contribution in [-0.4, -0.2) is 23.6 Å². The molecule has 0 heterocycles. The van der Waals surface area contributed by atoms with Crippen LogP contribution >= 0.6 is 0 Å². The third-order valence-electron chi connectivity index (χ3n) is 2.92. The Balaban J connectivity index is 2.96. The van der Waals surface area contributed by atoms with Crippen molar-refractivity contribution in [3.05, 3.63) is 35.4 Å². The van der Waals surface area contributed by atoms with E-state index in [1.54, 1.807) is 19.2 Å². The molecule has 0 bridgehead atoms.